The van der Waals surface area contributed by atoms with Crippen molar-refractivity contribution >= 4 is 5.69 Å². The van der Waals surface area contributed by atoms with Crippen LogP contribution >= 0.6 is 0 Å². The second-order valence-corrected chi connectivity index (χ2v) is 4.38. The first-order chi connectivity index (χ1) is 8.35. The predicted molar refractivity (Wildman–Crippen MR) is 68.4 cm³/mol. The highest BCUT2D eigenvalue weighted by molar-refractivity contribution is 5.57. The molecule has 1 aromatic carbocycles. The number of hydrogen-bond acceptors (Lipinski definition) is 3. The maximum Gasteiger partial charge on any atom is 0.119 e. The zero-order valence-electron chi connectivity index (χ0n) is 10.3. The van der Waals surface area contributed by atoms with Crippen LogP contribution in [0.25, 0.3) is 0 Å². The summed E-state index contributed by atoms with van der Waals surface area (Å²) in [6, 6.07) is 8.27. The minimum atomic E-state index is 0.447. The molecule has 3 nitrogen and oxygen atoms in total. The van der Waals surface area contributed by atoms with E-state index in [0.717, 1.165) is 24.4 Å². The van der Waals surface area contributed by atoms with Crippen LogP contribution in [0.15, 0.2) is 18.2 Å². The van der Waals surface area contributed by atoms with Gasteiger partial charge in [-0.05, 0) is 43.0 Å². The Morgan fingerprint density at radius 2 is 2.06 bits per heavy atom. The highest BCUT2D eigenvalue weighted by Crippen LogP contribution is 2.28. The van der Waals surface area contributed by atoms with Crippen molar-refractivity contribution in [2.75, 3.05) is 25.1 Å². The predicted octanol–water partition coefficient (Wildman–Crippen LogP) is 2.75. The van der Waals surface area contributed by atoms with E-state index < -0.39 is 0 Å². The zero-order valence-corrected chi connectivity index (χ0v) is 10.3. The number of methoxy groups -OCH3 is 1. The molecular weight excluding hydrogens is 212 g/mol. The Labute approximate surface area is 103 Å². The Morgan fingerprint density at radius 1 is 1.29 bits per heavy atom. The summed E-state index contributed by atoms with van der Waals surface area (Å²) in [4.78, 5) is 2.38. The third-order valence-electron chi connectivity index (χ3n) is 3.25. The van der Waals surface area contributed by atoms with Crippen LogP contribution < -0.4 is 9.64 Å². The lowest BCUT2D eigenvalue weighted by molar-refractivity contribution is 0.414. The van der Waals surface area contributed by atoms with Crippen LogP contribution in [0.2, 0.25) is 0 Å². The summed E-state index contributed by atoms with van der Waals surface area (Å²) >= 11 is 0. The van der Waals surface area contributed by atoms with Crippen molar-refractivity contribution in [1.82, 2.24) is 0 Å². The lowest BCUT2D eigenvalue weighted by Crippen LogP contribution is -2.30. The van der Waals surface area contributed by atoms with Gasteiger partial charge in [0.2, 0.25) is 0 Å². The Morgan fingerprint density at radius 3 is 2.71 bits per heavy atom. The molecule has 0 aromatic heterocycles. The molecule has 1 aliphatic heterocycles. The fourth-order valence-corrected chi connectivity index (χ4v) is 2.36. The summed E-state index contributed by atoms with van der Waals surface area (Å²) < 4.78 is 5.22. The van der Waals surface area contributed by atoms with Gasteiger partial charge in [0, 0.05) is 18.8 Å². The van der Waals surface area contributed by atoms with Crippen molar-refractivity contribution in [3.8, 4) is 11.8 Å². The van der Waals surface area contributed by atoms with Crippen LogP contribution in [0.4, 0.5) is 5.69 Å². The second-order valence-electron chi connectivity index (χ2n) is 4.38. The molecule has 1 aliphatic rings. The number of hydrogen-bond donors (Lipinski definition) is 0. The van der Waals surface area contributed by atoms with Gasteiger partial charge in [0.1, 0.15) is 5.75 Å². The molecule has 90 valence electrons. The molecule has 2 rings (SSSR count). The molecule has 1 fully saturated rings. The molecule has 0 spiro atoms. The largest absolute Gasteiger partial charge is 0.497 e. The van der Waals surface area contributed by atoms with Gasteiger partial charge in [-0.15, -0.1) is 0 Å². The van der Waals surface area contributed by atoms with Crippen molar-refractivity contribution in [1.29, 1.82) is 5.26 Å². The van der Waals surface area contributed by atoms with Gasteiger partial charge >= 0.3 is 0 Å². The molecule has 0 radical (unpaired) electrons. The fraction of sp³-hybridized carbons (Fsp3) is 0.500. The lowest BCUT2D eigenvalue weighted by Gasteiger charge is -2.30. The van der Waals surface area contributed by atoms with Gasteiger partial charge in [-0.3, -0.25) is 0 Å². The first-order valence-electron chi connectivity index (χ1n) is 6.14. The molecule has 1 heterocycles. The maximum atomic E-state index is 8.90. The molecule has 17 heavy (non-hydrogen) atoms. The minimum absolute atomic E-state index is 0.447. The molecule has 0 bridgehead atoms. The van der Waals surface area contributed by atoms with Gasteiger partial charge in [0.05, 0.1) is 19.6 Å². The molecule has 1 aromatic rings. The van der Waals surface area contributed by atoms with Crippen molar-refractivity contribution in [3.63, 3.8) is 0 Å². The average molecular weight is 230 g/mol. The number of anilines is 1. The summed E-state index contributed by atoms with van der Waals surface area (Å²) in [5.41, 5.74) is 2.28. The molecule has 0 atom stereocenters. The second kappa shape index (κ2) is 5.58. The van der Waals surface area contributed by atoms with Crippen LogP contribution in [0.5, 0.6) is 5.75 Å². The van der Waals surface area contributed by atoms with Gasteiger partial charge in [-0.2, -0.15) is 5.26 Å². The normalized spacial score (nSPS) is 15.4. The summed E-state index contributed by atoms with van der Waals surface area (Å²) in [5, 5.41) is 8.90. The van der Waals surface area contributed by atoms with Gasteiger partial charge in [-0.25, -0.2) is 0 Å². The summed E-state index contributed by atoms with van der Waals surface area (Å²) in [5.74, 6) is 0.830. The maximum absolute atomic E-state index is 8.90. The summed E-state index contributed by atoms with van der Waals surface area (Å²) in [7, 11) is 1.66. The molecule has 0 N–H and O–H groups in total. The van der Waals surface area contributed by atoms with Gasteiger partial charge < -0.3 is 9.64 Å². The first-order valence-corrected chi connectivity index (χ1v) is 6.14. The molecule has 0 aliphatic carbocycles. The number of ether oxygens (including phenoxy) is 1. The van der Waals surface area contributed by atoms with Crippen LogP contribution in [-0.2, 0) is 6.42 Å². The lowest BCUT2D eigenvalue weighted by atomic mass is 10.1. The Bertz CT molecular complexity index is 417. The van der Waals surface area contributed by atoms with Gasteiger partial charge in [0.25, 0.3) is 0 Å². The number of rotatable bonds is 3. The van der Waals surface area contributed by atoms with Crippen LogP contribution in [-0.4, -0.2) is 20.2 Å². The molecule has 3 heteroatoms. The quantitative estimate of drug-likeness (QED) is 0.801. The van der Waals surface area contributed by atoms with E-state index in [4.69, 9.17) is 10.00 Å². The van der Waals surface area contributed by atoms with E-state index in [-0.39, 0.29) is 0 Å². The first kappa shape index (κ1) is 11.8. The van der Waals surface area contributed by atoms with Crippen LogP contribution in [0, 0.1) is 11.3 Å². The highest BCUT2D eigenvalue weighted by Gasteiger charge is 2.14. The molecule has 0 amide bonds. The number of piperidine rings is 1. The zero-order chi connectivity index (χ0) is 12.1. The molecular formula is C14H18N2O. The Balaban J connectivity index is 2.28. The smallest absolute Gasteiger partial charge is 0.119 e. The minimum Gasteiger partial charge on any atom is -0.497 e. The van der Waals surface area contributed by atoms with E-state index in [9.17, 15) is 0 Å². The topological polar surface area (TPSA) is 36.3 Å². The molecule has 1 saturated heterocycles. The Kier molecular flexibility index (Phi) is 3.87. The summed E-state index contributed by atoms with van der Waals surface area (Å²) in [6.07, 6.45) is 4.26. The summed E-state index contributed by atoms with van der Waals surface area (Å²) in [6.45, 7) is 2.20. The van der Waals surface area contributed by atoms with Crippen molar-refractivity contribution in [2.45, 2.75) is 25.7 Å². The monoisotopic (exact) mass is 230 g/mol. The average Bonchev–Trinajstić information content (AvgIpc) is 2.40. The van der Waals surface area contributed by atoms with E-state index in [1.54, 1.807) is 7.11 Å². The van der Waals surface area contributed by atoms with E-state index in [1.165, 1.54) is 24.9 Å². The Hall–Kier alpha value is -1.69. The van der Waals surface area contributed by atoms with Crippen molar-refractivity contribution in [2.24, 2.45) is 0 Å². The van der Waals surface area contributed by atoms with Crippen LogP contribution in [0.3, 0.4) is 0 Å². The van der Waals surface area contributed by atoms with E-state index >= 15 is 0 Å². The third kappa shape index (κ3) is 2.71. The van der Waals surface area contributed by atoms with E-state index in [2.05, 4.69) is 17.0 Å². The third-order valence-corrected chi connectivity index (χ3v) is 3.25. The molecule has 0 unspecified atom stereocenters. The fourth-order valence-electron chi connectivity index (χ4n) is 2.36. The van der Waals surface area contributed by atoms with Gasteiger partial charge in [0.15, 0.2) is 0 Å². The SMILES string of the molecule is COc1ccc(N2CCCCC2)c(CC#N)c1. The standard InChI is InChI=1S/C14H18N2O/c1-17-13-5-6-14(12(11-13)7-8-15)16-9-3-2-4-10-16/h5-6,11H,2-4,7,9-10H2,1H3. The number of benzene rings is 1. The van der Waals surface area contributed by atoms with Crippen LogP contribution in [0.1, 0.15) is 24.8 Å². The van der Waals surface area contributed by atoms with Crippen molar-refractivity contribution < 1.29 is 4.74 Å². The molecule has 0 saturated carbocycles. The number of nitrogens with zero attached hydrogens (tertiary/aromatic N) is 2. The number of nitriles is 1. The van der Waals surface area contributed by atoms with Crippen molar-refractivity contribution in [3.05, 3.63) is 23.8 Å². The highest BCUT2D eigenvalue weighted by atomic mass is 16.5. The van der Waals surface area contributed by atoms with E-state index in [0.29, 0.717) is 6.42 Å². The van der Waals surface area contributed by atoms with E-state index in [1.807, 2.05) is 12.1 Å². The van der Waals surface area contributed by atoms with Gasteiger partial charge in [-0.1, -0.05) is 0 Å².